The van der Waals surface area contributed by atoms with Gasteiger partial charge in [0.1, 0.15) is 5.69 Å². The molecule has 3 rings (SSSR count). The van der Waals surface area contributed by atoms with Crippen molar-refractivity contribution < 1.29 is 18.3 Å². The topological polar surface area (TPSA) is 45.1 Å². The molecule has 2 aromatic carbocycles. The van der Waals surface area contributed by atoms with Gasteiger partial charge < -0.3 is 10.4 Å². The third-order valence-electron chi connectivity index (χ3n) is 4.51. The Kier molecular flexibility index (Phi) is 5.48. The molecule has 0 aliphatic carbocycles. The summed E-state index contributed by atoms with van der Waals surface area (Å²) in [7, 11) is 0. The molecule has 0 aliphatic rings. The second-order valence-electron chi connectivity index (χ2n) is 6.70. The van der Waals surface area contributed by atoms with Gasteiger partial charge in [-0.05, 0) is 36.6 Å². The number of halogens is 3. The van der Waals surface area contributed by atoms with Crippen molar-refractivity contribution in [3.05, 3.63) is 76.5 Å². The number of rotatable bonds is 5. The summed E-state index contributed by atoms with van der Waals surface area (Å²) < 4.78 is 39.7. The minimum Gasteiger partial charge on any atom is -0.387 e. The van der Waals surface area contributed by atoms with Crippen LogP contribution in [0.1, 0.15) is 34.1 Å². The highest BCUT2D eigenvalue weighted by Crippen LogP contribution is 2.33. The highest BCUT2D eigenvalue weighted by Gasteiger charge is 2.34. The molecule has 3 aromatic rings. The SMILES string of the molecule is Cc1ccc(CNCC(O)c2cc(C(F)(F)F)nc3c(C)cccc23)cc1. The van der Waals surface area contributed by atoms with E-state index in [2.05, 4.69) is 10.3 Å². The van der Waals surface area contributed by atoms with Crippen molar-refractivity contribution in [3.63, 3.8) is 0 Å². The first-order valence-electron chi connectivity index (χ1n) is 8.67. The number of aliphatic hydroxyl groups is 1. The highest BCUT2D eigenvalue weighted by molar-refractivity contribution is 5.85. The van der Waals surface area contributed by atoms with Gasteiger partial charge in [-0.25, -0.2) is 4.98 Å². The summed E-state index contributed by atoms with van der Waals surface area (Å²) in [6.45, 7) is 4.36. The lowest BCUT2D eigenvalue weighted by atomic mass is 10.00. The van der Waals surface area contributed by atoms with E-state index in [1.807, 2.05) is 31.2 Å². The molecule has 1 unspecified atom stereocenters. The molecule has 0 radical (unpaired) electrons. The van der Waals surface area contributed by atoms with Crippen LogP contribution in [0.2, 0.25) is 0 Å². The molecule has 0 aliphatic heterocycles. The van der Waals surface area contributed by atoms with Crippen LogP contribution in [-0.2, 0) is 12.7 Å². The molecule has 0 saturated heterocycles. The van der Waals surface area contributed by atoms with Gasteiger partial charge in [-0.3, -0.25) is 0 Å². The summed E-state index contributed by atoms with van der Waals surface area (Å²) in [5.41, 5.74) is 2.33. The molecule has 0 fully saturated rings. The minimum absolute atomic E-state index is 0.137. The number of hydrogen-bond donors (Lipinski definition) is 2. The van der Waals surface area contributed by atoms with Gasteiger partial charge in [0.05, 0.1) is 11.6 Å². The number of benzene rings is 2. The van der Waals surface area contributed by atoms with E-state index in [1.165, 1.54) is 0 Å². The minimum atomic E-state index is -4.57. The van der Waals surface area contributed by atoms with Gasteiger partial charge >= 0.3 is 6.18 Å². The number of pyridine rings is 1. The quantitative estimate of drug-likeness (QED) is 0.681. The zero-order valence-electron chi connectivity index (χ0n) is 15.1. The number of nitrogens with zero attached hydrogens (tertiary/aromatic N) is 1. The molecule has 1 atom stereocenters. The average molecular weight is 374 g/mol. The van der Waals surface area contributed by atoms with Gasteiger partial charge in [-0.1, -0.05) is 48.0 Å². The largest absolute Gasteiger partial charge is 0.433 e. The van der Waals surface area contributed by atoms with Crippen LogP contribution in [-0.4, -0.2) is 16.6 Å². The zero-order valence-corrected chi connectivity index (χ0v) is 15.1. The zero-order chi connectivity index (χ0) is 19.6. The molecule has 2 N–H and O–H groups in total. The molecule has 3 nitrogen and oxygen atoms in total. The van der Waals surface area contributed by atoms with E-state index in [4.69, 9.17) is 0 Å². The van der Waals surface area contributed by atoms with E-state index in [-0.39, 0.29) is 17.6 Å². The molecule has 6 heteroatoms. The fourth-order valence-corrected chi connectivity index (χ4v) is 3.01. The Balaban J connectivity index is 1.85. The van der Waals surface area contributed by atoms with Crippen LogP contribution < -0.4 is 5.32 Å². The first-order valence-corrected chi connectivity index (χ1v) is 8.67. The third-order valence-corrected chi connectivity index (χ3v) is 4.51. The average Bonchev–Trinajstić information content (AvgIpc) is 2.62. The maximum Gasteiger partial charge on any atom is 0.433 e. The number of aromatic nitrogens is 1. The summed E-state index contributed by atoms with van der Waals surface area (Å²) >= 11 is 0. The molecule has 0 spiro atoms. The molecular weight excluding hydrogens is 353 g/mol. The van der Waals surface area contributed by atoms with Crippen LogP contribution in [0.25, 0.3) is 10.9 Å². The van der Waals surface area contributed by atoms with E-state index in [1.54, 1.807) is 25.1 Å². The molecule has 0 bridgehead atoms. The van der Waals surface area contributed by atoms with Gasteiger partial charge in [0.25, 0.3) is 0 Å². The Morgan fingerprint density at radius 2 is 1.78 bits per heavy atom. The standard InChI is InChI=1S/C21H21F3N2O/c1-13-6-8-15(9-7-13)11-25-12-18(27)17-10-19(21(22,23)24)26-20-14(2)4-3-5-16(17)20/h3-10,18,25,27H,11-12H2,1-2H3. The van der Waals surface area contributed by atoms with E-state index >= 15 is 0 Å². The number of fused-ring (bicyclic) bond motifs is 1. The summed E-state index contributed by atoms with van der Waals surface area (Å²) in [5.74, 6) is 0. The molecule has 0 saturated carbocycles. The lowest BCUT2D eigenvalue weighted by Gasteiger charge is -2.18. The molecule has 142 valence electrons. The number of nitrogens with one attached hydrogen (secondary N) is 1. The monoisotopic (exact) mass is 374 g/mol. The molecular formula is C21H21F3N2O. The molecule has 1 heterocycles. The maximum atomic E-state index is 13.2. The summed E-state index contributed by atoms with van der Waals surface area (Å²) in [6, 6.07) is 14.0. The van der Waals surface area contributed by atoms with Crippen LogP contribution in [0.4, 0.5) is 13.2 Å². The molecule has 0 amide bonds. The van der Waals surface area contributed by atoms with Crippen molar-refractivity contribution in [1.29, 1.82) is 0 Å². The summed E-state index contributed by atoms with van der Waals surface area (Å²) in [5, 5.41) is 14.2. The second-order valence-corrected chi connectivity index (χ2v) is 6.70. The van der Waals surface area contributed by atoms with Gasteiger partial charge in [0.2, 0.25) is 0 Å². The lowest BCUT2D eigenvalue weighted by molar-refractivity contribution is -0.141. The summed E-state index contributed by atoms with van der Waals surface area (Å²) in [6.07, 6.45) is -5.65. The fourth-order valence-electron chi connectivity index (χ4n) is 3.01. The number of aryl methyl sites for hydroxylation is 2. The van der Waals surface area contributed by atoms with Crippen LogP contribution in [0.5, 0.6) is 0 Å². The van der Waals surface area contributed by atoms with Gasteiger partial charge in [-0.15, -0.1) is 0 Å². The van der Waals surface area contributed by atoms with Crippen LogP contribution in [0.15, 0.2) is 48.5 Å². The van der Waals surface area contributed by atoms with Crippen molar-refractivity contribution in [2.75, 3.05) is 6.54 Å². The van der Waals surface area contributed by atoms with Crippen molar-refractivity contribution in [1.82, 2.24) is 10.3 Å². The number of hydrogen-bond acceptors (Lipinski definition) is 3. The Morgan fingerprint density at radius 3 is 2.44 bits per heavy atom. The highest BCUT2D eigenvalue weighted by atomic mass is 19.4. The second kappa shape index (κ2) is 7.66. The van der Waals surface area contributed by atoms with Gasteiger partial charge in [-0.2, -0.15) is 13.2 Å². The Hall–Kier alpha value is -2.44. The first kappa shape index (κ1) is 19.3. The molecule has 1 aromatic heterocycles. The van der Waals surface area contributed by atoms with Crippen molar-refractivity contribution in [2.45, 2.75) is 32.7 Å². The third kappa shape index (κ3) is 4.46. The van der Waals surface area contributed by atoms with Crippen LogP contribution >= 0.6 is 0 Å². The predicted octanol–water partition coefficient (Wildman–Crippen LogP) is 4.69. The fraction of sp³-hybridized carbons (Fsp3) is 0.286. The predicted molar refractivity (Wildman–Crippen MR) is 99.3 cm³/mol. The smallest absolute Gasteiger partial charge is 0.387 e. The molecule has 27 heavy (non-hydrogen) atoms. The Bertz CT molecular complexity index is 937. The van der Waals surface area contributed by atoms with Crippen LogP contribution in [0.3, 0.4) is 0 Å². The van der Waals surface area contributed by atoms with Gasteiger partial charge in [0.15, 0.2) is 0 Å². The van der Waals surface area contributed by atoms with E-state index < -0.39 is 18.0 Å². The van der Waals surface area contributed by atoms with Crippen molar-refractivity contribution in [2.24, 2.45) is 0 Å². The van der Waals surface area contributed by atoms with E-state index in [0.717, 1.165) is 17.2 Å². The van der Waals surface area contributed by atoms with E-state index in [9.17, 15) is 18.3 Å². The summed E-state index contributed by atoms with van der Waals surface area (Å²) in [4.78, 5) is 3.77. The number of para-hydroxylation sites is 1. The van der Waals surface area contributed by atoms with E-state index in [0.29, 0.717) is 17.5 Å². The number of alkyl halides is 3. The number of aliphatic hydroxyl groups excluding tert-OH is 1. The lowest BCUT2D eigenvalue weighted by Crippen LogP contribution is -2.22. The normalized spacial score (nSPS) is 13.1. The Morgan fingerprint density at radius 1 is 1.07 bits per heavy atom. The maximum absolute atomic E-state index is 13.2. The van der Waals surface area contributed by atoms with Crippen molar-refractivity contribution >= 4 is 10.9 Å². The Labute approximate surface area is 155 Å². The van der Waals surface area contributed by atoms with Crippen molar-refractivity contribution in [3.8, 4) is 0 Å². The van der Waals surface area contributed by atoms with Crippen LogP contribution in [0, 0.1) is 13.8 Å². The first-order chi connectivity index (χ1) is 12.8. The van der Waals surface area contributed by atoms with Gasteiger partial charge in [0, 0.05) is 18.5 Å².